The topological polar surface area (TPSA) is 67.5 Å². The van der Waals surface area contributed by atoms with E-state index in [0.29, 0.717) is 32.5 Å². The summed E-state index contributed by atoms with van der Waals surface area (Å²) in [6.45, 7) is 0. The Bertz CT molecular complexity index is 895. The molecule has 3 aromatic rings. The molecule has 1 aromatic heterocycles. The van der Waals surface area contributed by atoms with E-state index in [2.05, 4.69) is 0 Å². The van der Waals surface area contributed by atoms with Gasteiger partial charge in [-0.1, -0.05) is 23.7 Å². The lowest BCUT2D eigenvalue weighted by Crippen LogP contribution is -2.04. The van der Waals surface area contributed by atoms with Gasteiger partial charge in [0.25, 0.3) is 0 Å². The van der Waals surface area contributed by atoms with Crippen molar-refractivity contribution >= 4 is 39.5 Å². The van der Waals surface area contributed by atoms with E-state index >= 15 is 0 Å². The number of para-hydroxylation sites is 1. The summed E-state index contributed by atoms with van der Waals surface area (Å²) in [7, 11) is 0. The smallest absolute Gasteiger partial charge is 0.307 e. The molecule has 100 valence electrons. The second-order valence-electron chi connectivity index (χ2n) is 4.45. The quantitative estimate of drug-likeness (QED) is 0.735. The fraction of sp³-hybridized carbons (Fsp3) is 0.0667. The van der Waals surface area contributed by atoms with Crippen LogP contribution in [0.3, 0.4) is 0 Å². The minimum atomic E-state index is -0.939. The summed E-state index contributed by atoms with van der Waals surface area (Å²) in [5.41, 5.74) is 1.05. The minimum absolute atomic E-state index is 0.125. The second-order valence-corrected chi connectivity index (χ2v) is 4.86. The van der Waals surface area contributed by atoms with Crippen molar-refractivity contribution in [3.63, 3.8) is 0 Å². The van der Waals surface area contributed by atoms with Crippen LogP contribution in [0.15, 0.2) is 45.6 Å². The summed E-state index contributed by atoms with van der Waals surface area (Å²) in [5, 5.41) is 9.97. The number of halogens is 1. The maximum atomic E-state index is 12.3. The Labute approximate surface area is 118 Å². The second kappa shape index (κ2) is 4.65. The molecule has 0 amide bonds. The van der Waals surface area contributed by atoms with Crippen molar-refractivity contribution in [3.8, 4) is 0 Å². The molecule has 1 heterocycles. The number of benzene rings is 2. The van der Waals surface area contributed by atoms with E-state index in [1.165, 1.54) is 0 Å². The van der Waals surface area contributed by atoms with Crippen LogP contribution < -0.4 is 5.43 Å². The molecule has 0 atom stereocenters. The van der Waals surface area contributed by atoms with E-state index in [1.54, 1.807) is 36.4 Å². The van der Waals surface area contributed by atoms with Gasteiger partial charge in [0.1, 0.15) is 5.58 Å². The van der Waals surface area contributed by atoms with E-state index in [4.69, 9.17) is 21.1 Å². The van der Waals surface area contributed by atoms with Crippen LogP contribution in [0.4, 0.5) is 0 Å². The molecule has 3 rings (SSSR count). The van der Waals surface area contributed by atoms with Crippen molar-refractivity contribution in [3.05, 3.63) is 57.2 Å². The molecule has 0 aliphatic heterocycles. The number of hydrogen-bond acceptors (Lipinski definition) is 3. The zero-order chi connectivity index (χ0) is 14.3. The molecule has 0 saturated carbocycles. The molecule has 0 aliphatic rings. The highest BCUT2D eigenvalue weighted by atomic mass is 35.5. The predicted molar refractivity (Wildman–Crippen MR) is 76.3 cm³/mol. The average molecular weight is 289 g/mol. The van der Waals surface area contributed by atoms with Gasteiger partial charge in [0.15, 0.2) is 5.58 Å². The van der Waals surface area contributed by atoms with Crippen LogP contribution in [0.1, 0.15) is 5.56 Å². The van der Waals surface area contributed by atoms with E-state index in [9.17, 15) is 9.59 Å². The highest BCUT2D eigenvalue weighted by molar-refractivity contribution is 6.34. The Morgan fingerprint density at radius 1 is 1.20 bits per heavy atom. The third kappa shape index (κ3) is 2.04. The zero-order valence-electron chi connectivity index (χ0n) is 10.2. The van der Waals surface area contributed by atoms with Gasteiger partial charge < -0.3 is 9.52 Å². The van der Waals surface area contributed by atoms with Crippen molar-refractivity contribution in [1.82, 2.24) is 0 Å². The first-order valence-electron chi connectivity index (χ1n) is 5.92. The van der Waals surface area contributed by atoms with Crippen LogP contribution in [0, 0.1) is 0 Å². The van der Waals surface area contributed by atoms with E-state index in [0.717, 1.165) is 0 Å². The maximum Gasteiger partial charge on any atom is 0.307 e. The zero-order valence-corrected chi connectivity index (χ0v) is 11.0. The standard InChI is InChI=1S/C15H9ClO4/c16-11-3-1-2-10-14(19)9-5-4-8(7-13(17)18)6-12(9)20-15(10)11/h1-6H,7H2,(H,17,18). The summed E-state index contributed by atoms with van der Waals surface area (Å²) in [6, 6.07) is 9.74. The summed E-state index contributed by atoms with van der Waals surface area (Å²) in [5.74, 6) is -0.939. The van der Waals surface area contributed by atoms with Gasteiger partial charge in [0.05, 0.1) is 22.2 Å². The van der Waals surface area contributed by atoms with Gasteiger partial charge in [0, 0.05) is 0 Å². The van der Waals surface area contributed by atoms with Gasteiger partial charge in [-0.05, 0) is 29.8 Å². The van der Waals surface area contributed by atoms with Crippen molar-refractivity contribution in [2.24, 2.45) is 0 Å². The minimum Gasteiger partial charge on any atom is -0.481 e. The Morgan fingerprint density at radius 3 is 2.75 bits per heavy atom. The van der Waals surface area contributed by atoms with Crippen molar-refractivity contribution in [1.29, 1.82) is 0 Å². The Kier molecular flexibility index (Phi) is 2.95. The Balaban J connectivity index is 2.36. The van der Waals surface area contributed by atoms with Crippen molar-refractivity contribution in [2.75, 3.05) is 0 Å². The van der Waals surface area contributed by atoms with E-state index in [-0.39, 0.29) is 11.8 Å². The molecule has 4 nitrogen and oxygen atoms in total. The summed E-state index contributed by atoms with van der Waals surface area (Å²) >= 11 is 6.03. The van der Waals surface area contributed by atoms with Gasteiger partial charge in [-0.2, -0.15) is 0 Å². The molecule has 0 saturated heterocycles. The summed E-state index contributed by atoms with van der Waals surface area (Å²) in [6.07, 6.45) is -0.125. The first kappa shape index (κ1) is 12.7. The highest BCUT2D eigenvalue weighted by Gasteiger charge is 2.11. The lowest BCUT2D eigenvalue weighted by molar-refractivity contribution is -0.136. The third-order valence-electron chi connectivity index (χ3n) is 3.07. The molecule has 5 heteroatoms. The average Bonchev–Trinajstić information content (AvgIpc) is 2.39. The molecule has 0 spiro atoms. The van der Waals surface area contributed by atoms with Crippen LogP contribution in [-0.2, 0) is 11.2 Å². The van der Waals surface area contributed by atoms with Gasteiger partial charge in [-0.15, -0.1) is 0 Å². The number of rotatable bonds is 2. The molecule has 0 aliphatic carbocycles. The van der Waals surface area contributed by atoms with Crippen molar-refractivity contribution in [2.45, 2.75) is 6.42 Å². The number of fused-ring (bicyclic) bond motifs is 2. The summed E-state index contributed by atoms with van der Waals surface area (Å²) < 4.78 is 5.66. The Morgan fingerprint density at radius 2 is 2.00 bits per heavy atom. The number of carboxylic acids is 1. The van der Waals surface area contributed by atoms with Gasteiger partial charge in [-0.3, -0.25) is 9.59 Å². The lowest BCUT2D eigenvalue weighted by atomic mass is 10.1. The molecule has 0 bridgehead atoms. The fourth-order valence-corrected chi connectivity index (χ4v) is 2.38. The molecule has 0 fully saturated rings. The van der Waals surface area contributed by atoms with Crippen LogP contribution in [0.5, 0.6) is 0 Å². The summed E-state index contributed by atoms with van der Waals surface area (Å²) in [4.78, 5) is 23.1. The van der Waals surface area contributed by atoms with Gasteiger partial charge in [-0.25, -0.2) is 0 Å². The number of hydrogen-bond donors (Lipinski definition) is 1. The Hall–Kier alpha value is -2.33. The fourth-order valence-electron chi connectivity index (χ4n) is 2.17. The molecule has 0 radical (unpaired) electrons. The molecule has 20 heavy (non-hydrogen) atoms. The number of aliphatic carboxylic acids is 1. The molecular weight excluding hydrogens is 280 g/mol. The molecule has 0 unspecified atom stereocenters. The SMILES string of the molecule is O=C(O)Cc1ccc2c(=O)c3cccc(Cl)c3oc2c1. The van der Waals surface area contributed by atoms with Crippen LogP contribution in [-0.4, -0.2) is 11.1 Å². The molecule has 1 N–H and O–H groups in total. The lowest BCUT2D eigenvalue weighted by Gasteiger charge is -2.04. The van der Waals surface area contributed by atoms with Crippen LogP contribution >= 0.6 is 11.6 Å². The van der Waals surface area contributed by atoms with Crippen LogP contribution in [0.25, 0.3) is 21.9 Å². The predicted octanol–water partition coefficient (Wildman–Crippen LogP) is 3.23. The molecular formula is C15H9ClO4. The van der Waals surface area contributed by atoms with Crippen LogP contribution in [0.2, 0.25) is 5.02 Å². The van der Waals surface area contributed by atoms with E-state index < -0.39 is 5.97 Å². The van der Waals surface area contributed by atoms with E-state index in [1.807, 2.05) is 0 Å². The number of carboxylic acid groups (broad SMARTS) is 1. The van der Waals surface area contributed by atoms with Gasteiger partial charge >= 0.3 is 5.97 Å². The monoisotopic (exact) mass is 288 g/mol. The normalized spacial score (nSPS) is 11.1. The van der Waals surface area contributed by atoms with Gasteiger partial charge in [0.2, 0.25) is 5.43 Å². The molecule has 2 aromatic carbocycles. The first-order valence-corrected chi connectivity index (χ1v) is 6.30. The largest absolute Gasteiger partial charge is 0.481 e. The first-order chi connectivity index (χ1) is 9.56. The van der Waals surface area contributed by atoms with Crippen molar-refractivity contribution < 1.29 is 14.3 Å². The highest BCUT2D eigenvalue weighted by Crippen LogP contribution is 2.25. The number of carbonyl (C=O) groups is 1. The maximum absolute atomic E-state index is 12.3. The third-order valence-corrected chi connectivity index (χ3v) is 3.37.